The van der Waals surface area contributed by atoms with E-state index in [9.17, 15) is 4.79 Å². The minimum absolute atomic E-state index is 0.0444. The molecule has 3 rings (SSSR count). The summed E-state index contributed by atoms with van der Waals surface area (Å²) in [4.78, 5) is 13.6. The van der Waals surface area contributed by atoms with Gasteiger partial charge in [0, 0.05) is 17.2 Å². The minimum atomic E-state index is -0.0529. The summed E-state index contributed by atoms with van der Waals surface area (Å²) in [5.74, 6) is 0.843. The molecule has 4 heteroatoms. The first-order valence-electron chi connectivity index (χ1n) is 6.96. The number of aliphatic hydroxyl groups is 1. The van der Waals surface area contributed by atoms with Crippen LogP contribution < -0.4 is 5.32 Å². The van der Waals surface area contributed by atoms with Crippen molar-refractivity contribution < 1.29 is 9.90 Å². The quantitative estimate of drug-likeness (QED) is 0.912. The molecular weight excluding hydrogens is 282 g/mol. The van der Waals surface area contributed by atoms with E-state index in [4.69, 9.17) is 5.11 Å². The second-order valence-corrected chi connectivity index (χ2v) is 6.16. The molecule has 0 saturated heterocycles. The van der Waals surface area contributed by atoms with Crippen LogP contribution in [0.3, 0.4) is 0 Å². The summed E-state index contributed by atoms with van der Waals surface area (Å²) in [5, 5.41) is 12.0. The fourth-order valence-electron chi connectivity index (χ4n) is 2.45. The molecule has 2 N–H and O–H groups in total. The highest BCUT2D eigenvalue weighted by Crippen LogP contribution is 2.39. The zero-order chi connectivity index (χ0) is 14.7. The van der Waals surface area contributed by atoms with Crippen LogP contribution in [0.25, 0.3) is 0 Å². The molecular formula is C17H17NO2S. The molecule has 1 heterocycles. The molecule has 0 saturated carbocycles. The van der Waals surface area contributed by atoms with Gasteiger partial charge in [0.25, 0.3) is 0 Å². The van der Waals surface area contributed by atoms with Crippen LogP contribution >= 0.6 is 11.8 Å². The van der Waals surface area contributed by atoms with Crippen LogP contribution in [0.5, 0.6) is 0 Å². The van der Waals surface area contributed by atoms with Crippen molar-refractivity contribution in [2.45, 2.75) is 24.0 Å². The number of fused-ring (bicyclic) bond motifs is 1. The molecule has 0 aromatic heterocycles. The molecule has 2 aromatic rings. The van der Waals surface area contributed by atoms with Crippen molar-refractivity contribution in [1.82, 2.24) is 5.32 Å². The number of thioether (sulfide) groups is 1. The molecule has 3 nitrogen and oxygen atoms in total. The molecule has 108 valence electrons. The Morgan fingerprint density at radius 2 is 1.86 bits per heavy atom. The summed E-state index contributed by atoms with van der Waals surface area (Å²) < 4.78 is 0. The Bertz CT molecular complexity index is 639. The third-order valence-electron chi connectivity index (χ3n) is 3.69. The van der Waals surface area contributed by atoms with Gasteiger partial charge >= 0.3 is 0 Å². The van der Waals surface area contributed by atoms with E-state index >= 15 is 0 Å². The van der Waals surface area contributed by atoms with Gasteiger partial charge in [-0.15, -0.1) is 11.8 Å². The van der Waals surface area contributed by atoms with Gasteiger partial charge in [0.15, 0.2) is 0 Å². The number of hydrogen-bond donors (Lipinski definition) is 2. The number of carbonyl (C=O) groups is 1. The zero-order valence-electron chi connectivity index (χ0n) is 11.6. The average Bonchev–Trinajstić information content (AvgIpc) is 2.97. The lowest BCUT2D eigenvalue weighted by Crippen LogP contribution is -2.29. The van der Waals surface area contributed by atoms with Gasteiger partial charge in [0.2, 0.25) is 5.91 Å². The van der Waals surface area contributed by atoms with E-state index < -0.39 is 0 Å². The van der Waals surface area contributed by atoms with Gasteiger partial charge < -0.3 is 10.4 Å². The van der Waals surface area contributed by atoms with Crippen molar-refractivity contribution in [2.75, 3.05) is 5.75 Å². The Hall–Kier alpha value is -1.78. The van der Waals surface area contributed by atoms with Gasteiger partial charge in [-0.25, -0.2) is 0 Å². The lowest BCUT2D eigenvalue weighted by atomic mass is 10.0. The molecule has 21 heavy (non-hydrogen) atoms. The molecule has 1 amide bonds. The smallest absolute Gasteiger partial charge is 0.228 e. The molecule has 0 radical (unpaired) electrons. The second-order valence-electron chi connectivity index (χ2n) is 5.09. The standard InChI is InChI=1S/C17H17NO2S/c19-10-13-7-5-12(6-8-13)9-18-17(20)15-11-21-16-4-2-1-3-14(15)16/h1-8,15,19H,9-11H2,(H,18,20). The number of carbonyl (C=O) groups excluding carboxylic acids is 1. The number of aliphatic hydroxyl groups excluding tert-OH is 1. The molecule has 2 aromatic carbocycles. The van der Waals surface area contributed by atoms with Crippen LogP contribution in [0, 0.1) is 0 Å². The fraction of sp³-hybridized carbons (Fsp3) is 0.235. The number of amides is 1. The topological polar surface area (TPSA) is 49.3 Å². The van der Waals surface area contributed by atoms with Gasteiger partial charge in [-0.1, -0.05) is 42.5 Å². The molecule has 0 fully saturated rings. The van der Waals surface area contributed by atoms with E-state index in [2.05, 4.69) is 11.4 Å². The van der Waals surface area contributed by atoms with E-state index in [0.717, 1.165) is 22.4 Å². The SMILES string of the molecule is O=C(NCc1ccc(CO)cc1)C1CSc2ccccc21. The highest BCUT2D eigenvalue weighted by molar-refractivity contribution is 7.99. The Labute approximate surface area is 128 Å². The van der Waals surface area contributed by atoms with Gasteiger partial charge in [-0.05, 0) is 22.8 Å². The van der Waals surface area contributed by atoms with Crippen LogP contribution in [-0.4, -0.2) is 16.8 Å². The molecule has 1 aliphatic rings. The summed E-state index contributed by atoms with van der Waals surface area (Å²) in [6, 6.07) is 15.7. The van der Waals surface area contributed by atoms with Gasteiger partial charge in [0.1, 0.15) is 0 Å². The van der Waals surface area contributed by atoms with Gasteiger partial charge in [0.05, 0.1) is 12.5 Å². The largest absolute Gasteiger partial charge is 0.392 e. The van der Waals surface area contributed by atoms with E-state index in [1.54, 1.807) is 11.8 Å². The molecule has 1 atom stereocenters. The van der Waals surface area contributed by atoms with Gasteiger partial charge in [-0.3, -0.25) is 4.79 Å². The number of nitrogens with one attached hydrogen (secondary N) is 1. The van der Waals surface area contributed by atoms with Crippen molar-refractivity contribution in [3.63, 3.8) is 0 Å². The average molecular weight is 299 g/mol. The number of hydrogen-bond acceptors (Lipinski definition) is 3. The lowest BCUT2D eigenvalue weighted by Gasteiger charge is -2.12. The van der Waals surface area contributed by atoms with Gasteiger partial charge in [-0.2, -0.15) is 0 Å². The number of rotatable bonds is 4. The molecule has 0 aliphatic carbocycles. The monoisotopic (exact) mass is 299 g/mol. The maximum Gasteiger partial charge on any atom is 0.228 e. The summed E-state index contributed by atoms with van der Waals surface area (Å²) >= 11 is 1.74. The van der Waals surface area contributed by atoms with E-state index in [-0.39, 0.29) is 18.4 Å². The molecule has 0 bridgehead atoms. The normalized spacial score (nSPS) is 16.5. The Balaban J connectivity index is 1.62. The third-order valence-corrected chi connectivity index (χ3v) is 4.87. The second kappa shape index (κ2) is 6.33. The summed E-state index contributed by atoms with van der Waals surface area (Å²) in [5.41, 5.74) is 3.06. The van der Waals surface area contributed by atoms with E-state index in [0.29, 0.717) is 6.54 Å². The summed E-state index contributed by atoms with van der Waals surface area (Å²) in [6.07, 6.45) is 0. The van der Waals surface area contributed by atoms with Crippen LogP contribution in [0.2, 0.25) is 0 Å². The Morgan fingerprint density at radius 3 is 2.62 bits per heavy atom. The maximum atomic E-state index is 12.3. The van der Waals surface area contributed by atoms with Crippen molar-refractivity contribution >= 4 is 17.7 Å². The van der Waals surface area contributed by atoms with E-state index in [1.807, 2.05) is 42.5 Å². The van der Waals surface area contributed by atoms with Crippen LogP contribution in [0.1, 0.15) is 22.6 Å². The molecule has 1 aliphatic heterocycles. The lowest BCUT2D eigenvalue weighted by molar-refractivity contribution is -0.122. The predicted octanol–water partition coefficient (Wildman–Crippen LogP) is 2.68. The van der Waals surface area contributed by atoms with Crippen molar-refractivity contribution in [2.24, 2.45) is 0 Å². The first-order valence-corrected chi connectivity index (χ1v) is 7.94. The van der Waals surface area contributed by atoms with Crippen molar-refractivity contribution in [3.8, 4) is 0 Å². The van der Waals surface area contributed by atoms with Crippen LogP contribution in [0.15, 0.2) is 53.4 Å². The Kier molecular flexibility index (Phi) is 4.27. The molecule has 0 spiro atoms. The van der Waals surface area contributed by atoms with Crippen molar-refractivity contribution in [1.29, 1.82) is 0 Å². The zero-order valence-corrected chi connectivity index (χ0v) is 12.4. The van der Waals surface area contributed by atoms with Crippen molar-refractivity contribution in [3.05, 3.63) is 65.2 Å². The first kappa shape index (κ1) is 14.2. The summed E-state index contributed by atoms with van der Waals surface area (Å²) in [6.45, 7) is 0.566. The third kappa shape index (κ3) is 3.12. The highest BCUT2D eigenvalue weighted by Gasteiger charge is 2.28. The summed E-state index contributed by atoms with van der Waals surface area (Å²) in [7, 11) is 0. The van der Waals surface area contributed by atoms with Crippen LogP contribution in [-0.2, 0) is 17.9 Å². The van der Waals surface area contributed by atoms with E-state index in [1.165, 1.54) is 4.90 Å². The number of benzene rings is 2. The minimum Gasteiger partial charge on any atom is -0.392 e. The van der Waals surface area contributed by atoms with Crippen LogP contribution in [0.4, 0.5) is 0 Å². The first-order chi connectivity index (χ1) is 10.3. The predicted molar refractivity (Wildman–Crippen MR) is 84.1 cm³/mol. The Morgan fingerprint density at radius 1 is 1.14 bits per heavy atom. The maximum absolute atomic E-state index is 12.3. The molecule has 1 unspecified atom stereocenters. The highest BCUT2D eigenvalue weighted by atomic mass is 32.2. The fourth-order valence-corrected chi connectivity index (χ4v) is 3.68.